The van der Waals surface area contributed by atoms with E-state index in [9.17, 15) is 4.79 Å². The maximum absolute atomic E-state index is 11.4. The topological polar surface area (TPSA) is 50.4 Å². The number of benzene rings is 1. The lowest BCUT2D eigenvalue weighted by atomic mass is 9.92. The van der Waals surface area contributed by atoms with Gasteiger partial charge in [0, 0.05) is 12.6 Å². The summed E-state index contributed by atoms with van der Waals surface area (Å²) < 4.78 is 5.39. The van der Waals surface area contributed by atoms with Crippen molar-refractivity contribution in [3.63, 3.8) is 0 Å². The Morgan fingerprint density at radius 2 is 2.10 bits per heavy atom. The van der Waals surface area contributed by atoms with Crippen molar-refractivity contribution in [3.8, 4) is 5.75 Å². The minimum atomic E-state index is -0.0861. The lowest BCUT2D eigenvalue weighted by molar-refractivity contribution is -0.118. The number of anilines is 1. The van der Waals surface area contributed by atoms with Gasteiger partial charge >= 0.3 is 0 Å². The zero-order valence-corrected chi connectivity index (χ0v) is 13.0. The fourth-order valence-corrected chi connectivity index (χ4v) is 2.96. The molecule has 1 aromatic rings. The van der Waals surface area contributed by atoms with Crippen molar-refractivity contribution in [3.05, 3.63) is 23.8 Å². The third-order valence-electron chi connectivity index (χ3n) is 5.01. The van der Waals surface area contributed by atoms with Gasteiger partial charge in [0.15, 0.2) is 6.61 Å². The standard InChI is InChI=1S/C17H24N2O2/c1-11(2)17(6-7-17)10-18-12(3)13-4-5-15-14(8-13)19-16(20)9-21-15/h4-5,8,11-12,18H,6-7,9-10H2,1-3H3,(H,19,20). The lowest BCUT2D eigenvalue weighted by Crippen LogP contribution is -2.30. The number of fused-ring (bicyclic) bond motifs is 1. The van der Waals surface area contributed by atoms with E-state index in [0.717, 1.165) is 23.9 Å². The van der Waals surface area contributed by atoms with E-state index >= 15 is 0 Å². The molecule has 0 bridgehead atoms. The first-order valence-corrected chi connectivity index (χ1v) is 7.80. The molecule has 4 heteroatoms. The van der Waals surface area contributed by atoms with E-state index < -0.39 is 0 Å². The van der Waals surface area contributed by atoms with Crippen LogP contribution in [0.25, 0.3) is 0 Å². The number of carbonyl (C=O) groups is 1. The first kappa shape index (κ1) is 14.4. The molecule has 1 atom stereocenters. The molecule has 1 saturated carbocycles. The molecule has 1 aliphatic carbocycles. The highest BCUT2D eigenvalue weighted by atomic mass is 16.5. The van der Waals surface area contributed by atoms with Crippen molar-refractivity contribution in [1.82, 2.24) is 5.32 Å². The number of rotatable bonds is 5. The number of carbonyl (C=O) groups excluding carboxylic acids is 1. The summed E-state index contributed by atoms with van der Waals surface area (Å²) in [5, 5.41) is 6.51. The van der Waals surface area contributed by atoms with E-state index in [1.165, 1.54) is 18.4 Å². The summed E-state index contributed by atoms with van der Waals surface area (Å²) in [5.74, 6) is 1.40. The van der Waals surface area contributed by atoms with Gasteiger partial charge in [0.2, 0.25) is 0 Å². The summed E-state index contributed by atoms with van der Waals surface area (Å²) in [5.41, 5.74) is 2.46. The molecule has 1 unspecified atom stereocenters. The van der Waals surface area contributed by atoms with Crippen molar-refractivity contribution in [2.24, 2.45) is 11.3 Å². The molecule has 0 radical (unpaired) electrons. The van der Waals surface area contributed by atoms with E-state index in [1.54, 1.807) is 0 Å². The van der Waals surface area contributed by atoms with E-state index in [1.807, 2.05) is 12.1 Å². The van der Waals surface area contributed by atoms with Crippen LogP contribution in [0.5, 0.6) is 5.75 Å². The Balaban J connectivity index is 1.66. The Kier molecular flexibility index (Phi) is 3.66. The molecule has 1 heterocycles. The first-order chi connectivity index (χ1) is 10.00. The molecule has 21 heavy (non-hydrogen) atoms. The second-order valence-corrected chi connectivity index (χ2v) is 6.71. The van der Waals surface area contributed by atoms with Gasteiger partial charge in [-0.1, -0.05) is 19.9 Å². The Morgan fingerprint density at radius 1 is 1.33 bits per heavy atom. The second kappa shape index (κ2) is 5.34. The number of hydrogen-bond donors (Lipinski definition) is 2. The SMILES string of the molecule is CC(NCC1(C(C)C)CC1)c1ccc2c(c1)NC(=O)CO2. The fraction of sp³-hybridized carbons (Fsp3) is 0.588. The Bertz CT molecular complexity index is 550. The van der Waals surface area contributed by atoms with Crippen LogP contribution < -0.4 is 15.4 Å². The van der Waals surface area contributed by atoms with Crippen LogP contribution in [0.4, 0.5) is 5.69 Å². The van der Waals surface area contributed by atoms with E-state index in [-0.39, 0.29) is 18.6 Å². The van der Waals surface area contributed by atoms with Crippen molar-refractivity contribution in [1.29, 1.82) is 0 Å². The van der Waals surface area contributed by atoms with Gasteiger partial charge in [-0.25, -0.2) is 0 Å². The predicted octanol–water partition coefficient (Wildman–Crippen LogP) is 3.10. The molecule has 0 aromatic heterocycles. The quantitative estimate of drug-likeness (QED) is 0.875. The molecule has 1 aromatic carbocycles. The van der Waals surface area contributed by atoms with Crippen LogP contribution >= 0.6 is 0 Å². The Hall–Kier alpha value is -1.55. The zero-order valence-electron chi connectivity index (χ0n) is 13.0. The van der Waals surface area contributed by atoms with Crippen LogP contribution in [0.2, 0.25) is 0 Å². The molecular formula is C17H24N2O2. The molecule has 2 aliphatic rings. The number of nitrogens with one attached hydrogen (secondary N) is 2. The third-order valence-corrected chi connectivity index (χ3v) is 5.01. The van der Waals surface area contributed by atoms with Crippen LogP contribution in [-0.2, 0) is 4.79 Å². The van der Waals surface area contributed by atoms with Gasteiger partial charge in [0.25, 0.3) is 5.91 Å². The molecule has 1 fully saturated rings. The average Bonchev–Trinajstić information content (AvgIpc) is 3.25. The lowest BCUT2D eigenvalue weighted by Gasteiger charge is -2.24. The average molecular weight is 288 g/mol. The van der Waals surface area contributed by atoms with Gasteiger partial charge in [0.05, 0.1) is 5.69 Å². The molecule has 1 amide bonds. The minimum absolute atomic E-state index is 0.0861. The predicted molar refractivity (Wildman–Crippen MR) is 83.5 cm³/mol. The monoisotopic (exact) mass is 288 g/mol. The number of hydrogen-bond acceptors (Lipinski definition) is 3. The highest BCUT2D eigenvalue weighted by Gasteiger charge is 2.44. The van der Waals surface area contributed by atoms with E-state index in [0.29, 0.717) is 5.41 Å². The molecule has 0 saturated heterocycles. The maximum atomic E-state index is 11.4. The van der Waals surface area contributed by atoms with Gasteiger partial charge in [0.1, 0.15) is 5.75 Å². The Morgan fingerprint density at radius 3 is 2.76 bits per heavy atom. The van der Waals surface area contributed by atoms with Crippen molar-refractivity contribution < 1.29 is 9.53 Å². The normalized spacial score (nSPS) is 20.5. The summed E-state index contributed by atoms with van der Waals surface area (Å²) in [4.78, 5) is 11.4. The highest BCUT2D eigenvalue weighted by Crippen LogP contribution is 2.51. The molecule has 3 rings (SSSR count). The van der Waals surface area contributed by atoms with E-state index in [2.05, 4.69) is 37.5 Å². The van der Waals surface area contributed by atoms with Crippen LogP contribution in [0.1, 0.15) is 45.2 Å². The Labute approximate surface area is 126 Å². The molecule has 114 valence electrons. The van der Waals surface area contributed by atoms with Crippen LogP contribution in [0, 0.1) is 11.3 Å². The van der Waals surface area contributed by atoms with Gasteiger partial charge in [-0.2, -0.15) is 0 Å². The molecule has 0 spiro atoms. The van der Waals surface area contributed by atoms with Crippen molar-refractivity contribution >= 4 is 11.6 Å². The fourth-order valence-electron chi connectivity index (χ4n) is 2.96. The highest BCUT2D eigenvalue weighted by molar-refractivity contribution is 5.95. The summed E-state index contributed by atoms with van der Waals surface area (Å²) >= 11 is 0. The molecule has 1 aliphatic heterocycles. The van der Waals surface area contributed by atoms with Gasteiger partial charge in [-0.3, -0.25) is 4.79 Å². The van der Waals surface area contributed by atoms with Crippen LogP contribution in [-0.4, -0.2) is 19.1 Å². The molecule has 4 nitrogen and oxygen atoms in total. The summed E-state index contributed by atoms with van der Waals surface area (Å²) in [6, 6.07) is 6.30. The summed E-state index contributed by atoms with van der Waals surface area (Å²) in [6.45, 7) is 7.96. The van der Waals surface area contributed by atoms with Gasteiger partial charge in [-0.05, 0) is 48.8 Å². The van der Waals surface area contributed by atoms with Gasteiger partial charge in [-0.15, -0.1) is 0 Å². The molecular weight excluding hydrogens is 264 g/mol. The summed E-state index contributed by atoms with van der Waals surface area (Å²) in [6.07, 6.45) is 2.66. The van der Waals surface area contributed by atoms with Gasteiger partial charge < -0.3 is 15.4 Å². The number of amides is 1. The minimum Gasteiger partial charge on any atom is -0.482 e. The van der Waals surface area contributed by atoms with Crippen molar-refractivity contribution in [2.75, 3.05) is 18.5 Å². The first-order valence-electron chi connectivity index (χ1n) is 7.80. The largest absolute Gasteiger partial charge is 0.482 e. The summed E-state index contributed by atoms with van der Waals surface area (Å²) in [7, 11) is 0. The maximum Gasteiger partial charge on any atom is 0.262 e. The third kappa shape index (κ3) is 2.91. The van der Waals surface area contributed by atoms with E-state index in [4.69, 9.17) is 4.74 Å². The molecule has 2 N–H and O–H groups in total. The second-order valence-electron chi connectivity index (χ2n) is 6.71. The van der Waals surface area contributed by atoms with Crippen LogP contribution in [0.15, 0.2) is 18.2 Å². The van der Waals surface area contributed by atoms with Crippen molar-refractivity contribution in [2.45, 2.75) is 39.7 Å². The van der Waals surface area contributed by atoms with Crippen LogP contribution in [0.3, 0.4) is 0 Å². The number of ether oxygens (including phenoxy) is 1. The zero-order chi connectivity index (χ0) is 15.0. The smallest absolute Gasteiger partial charge is 0.262 e.